The summed E-state index contributed by atoms with van der Waals surface area (Å²) in [4.78, 5) is 14.9. The molecule has 4 heteroatoms. The highest BCUT2D eigenvalue weighted by molar-refractivity contribution is 5.94. The van der Waals surface area contributed by atoms with Crippen LogP contribution in [-0.4, -0.2) is 23.9 Å². The van der Waals surface area contributed by atoms with Crippen LogP contribution in [0.25, 0.3) is 0 Å². The zero-order valence-corrected chi connectivity index (χ0v) is 15.5. The highest BCUT2D eigenvalue weighted by Crippen LogP contribution is 2.28. The first kappa shape index (κ1) is 17.6. The molecule has 1 aliphatic rings. The summed E-state index contributed by atoms with van der Waals surface area (Å²) in [6.07, 6.45) is 2.71. The van der Waals surface area contributed by atoms with Crippen molar-refractivity contribution < 1.29 is 9.21 Å². The van der Waals surface area contributed by atoms with E-state index >= 15 is 0 Å². The summed E-state index contributed by atoms with van der Waals surface area (Å²) >= 11 is 0. The van der Waals surface area contributed by atoms with Crippen molar-refractivity contribution in [3.8, 4) is 0 Å². The van der Waals surface area contributed by atoms with Crippen molar-refractivity contribution in [1.82, 2.24) is 10.2 Å². The quantitative estimate of drug-likeness (QED) is 0.744. The van der Waals surface area contributed by atoms with Crippen LogP contribution in [-0.2, 0) is 13.0 Å². The third kappa shape index (κ3) is 3.96. The van der Waals surface area contributed by atoms with E-state index in [0.29, 0.717) is 12.1 Å². The lowest BCUT2D eigenvalue weighted by Crippen LogP contribution is -2.40. The van der Waals surface area contributed by atoms with Crippen molar-refractivity contribution in [2.45, 2.75) is 25.9 Å². The molecule has 0 fully saturated rings. The number of benzene rings is 2. The van der Waals surface area contributed by atoms with Crippen LogP contribution >= 0.6 is 0 Å². The van der Waals surface area contributed by atoms with Gasteiger partial charge in [0.15, 0.2) is 0 Å². The van der Waals surface area contributed by atoms with Gasteiger partial charge in [-0.1, -0.05) is 42.0 Å². The van der Waals surface area contributed by atoms with E-state index in [2.05, 4.69) is 34.5 Å². The zero-order chi connectivity index (χ0) is 18.6. The van der Waals surface area contributed by atoms with Gasteiger partial charge in [0.2, 0.25) is 0 Å². The van der Waals surface area contributed by atoms with Crippen LogP contribution < -0.4 is 5.32 Å². The molecule has 0 bridgehead atoms. The first-order valence-corrected chi connectivity index (χ1v) is 9.40. The molecule has 138 valence electrons. The van der Waals surface area contributed by atoms with Gasteiger partial charge in [0, 0.05) is 25.2 Å². The van der Waals surface area contributed by atoms with Gasteiger partial charge in [-0.15, -0.1) is 0 Å². The van der Waals surface area contributed by atoms with Crippen LogP contribution in [0.3, 0.4) is 0 Å². The summed E-state index contributed by atoms with van der Waals surface area (Å²) in [7, 11) is 0. The van der Waals surface area contributed by atoms with E-state index in [1.54, 1.807) is 6.26 Å². The fourth-order valence-corrected chi connectivity index (χ4v) is 3.67. The van der Waals surface area contributed by atoms with Gasteiger partial charge in [0.05, 0.1) is 12.3 Å². The Kier molecular flexibility index (Phi) is 5.07. The maximum atomic E-state index is 12.6. The Morgan fingerprint density at radius 1 is 1.07 bits per heavy atom. The second kappa shape index (κ2) is 7.80. The van der Waals surface area contributed by atoms with E-state index in [1.165, 1.54) is 11.1 Å². The summed E-state index contributed by atoms with van der Waals surface area (Å²) in [5.41, 5.74) is 4.59. The van der Waals surface area contributed by atoms with Crippen LogP contribution in [0.2, 0.25) is 0 Å². The molecule has 1 aromatic heterocycles. The maximum Gasteiger partial charge on any atom is 0.251 e. The first-order chi connectivity index (χ1) is 13.2. The smallest absolute Gasteiger partial charge is 0.251 e. The second-order valence-electron chi connectivity index (χ2n) is 7.10. The molecule has 0 saturated carbocycles. The number of furan rings is 1. The minimum absolute atomic E-state index is 0.0164. The van der Waals surface area contributed by atoms with Crippen LogP contribution in [0.4, 0.5) is 0 Å². The zero-order valence-electron chi connectivity index (χ0n) is 15.5. The van der Waals surface area contributed by atoms with Gasteiger partial charge >= 0.3 is 0 Å². The molecule has 0 spiro atoms. The molecule has 4 nitrogen and oxygen atoms in total. The Balaban J connectivity index is 1.49. The van der Waals surface area contributed by atoms with Crippen LogP contribution in [0.1, 0.15) is 38.9 Å². The Hall–Kier alpha value is -2.85. The Morgan fingerprint density at radius 3 is 2.59 bits per heavy atom. The highest BCUT2D eigenvalue weighted by Gasteiger charge is 2.27. The number of carbonyl (C=O) groups excluding carboxylic acids is 1. The standard InChI is InChI=1S/C23H24N2O2/c1-17-8-10-19(11-9-17)23(26)24-15-21(22-7-4-14-27-22)25-13-12-18-5-2-3-6-20(18)16-25/h2-11,14,21H,12-13,15-16H2,1H3,(H,24,26)/t21-/m1/s1. The number of nitrogens with one attached hydrogen (secondary N) is 1. The van der Waals surface area contributed by atoms with Crippen molar-refractivity contribution in [3.63, 3.8) is 0 Å². The predicted octanol–water partition coefficient (Wildman–Crippen LogP) is 4.12. The summed E-state index contributed by atoms with van der Waals surface area (Å²) in [5, 5.41) is 3.09. The molecule has 4 rings (SSSR count). The SMILES string of the molecule is Cc1ccc(C(=O)NC[C@H](c2ccco2)N2CCc3ccccc3C2)cc1. The van der Waals surface area contributed by atoms with E-state index in [-0.39, 0.29) is 11.9 Å². The van der Waals surface area contributed by atoms with E-state index < -0.39 is 0 Å². The fourth-order valence-electron chi connectivity index (χ4n) is 3.67. The molecule has 1 atom stereocenters. The van der Waals surface area contributed by atoms with E-state index in [4.69, 9.17) is 4.42 Å². The molecule has 1 amide bonds. The number of hydrogen-bond acceptors (Lipinski definition) is 3. The molecular formula is C23H24N2O2. The highest BCUT2D eigenvalue weighted by atomic mass is 16.3. The normalized spacial score (nSPS) is 15.1. The van der Waals surface area contributed by atoms with Crippen molar-refractivity contribution >= 4 is 5.91 Å². The number of carbonyl (C=O) groups is 1. The average Bonchev–Trinajstić information content (AvgIpc) is 3.23. The van der Waals surface area contributed by atoms with Gasteiger partial charge in [-0.2, -0.15) is 0 Å². The summed E-state index contributed by atoms with van der Waals surface area (Å²) < 4.78 is 5.70. The topological polar surface area (TPSA) is 45.5 Å². The minimum Gasteiger partial charge on any atom is -0.468 e. The molecule has 0 aliphatic carbocycles. The summed E-state index contributed by atoms with van der Waals surface area (Å²) in [6.45, 7) is 4.34. The Labute approximate surface area is 159 Å². The van der Waals surface area contributed by atoms with Crippen LogP contribution in [0, 0.1) is 6.92 Å². The molecule has 1 aliphatic heterocycles. The van der Waals surface area contributed by atoms with Crippen molar-refractivity contribution in [2.75, 3.05) is 13.1 Å². The molecule has 0 saturated heterocycles. The van der Waals surface area contributed by atoms with Gasteiger partial charge in [-0.25, -0.2) is 0 Å². The Bertz CT molecular complexity index is 900. The number of aryl methyl sites for hydroxylation is 1. The molecule has 2 aromatic carbocycles. The molecule has 2 heterocycles. The first-order valence-electron chi connectivity index (χ1n) is 9.40. The third-order valence-corrected chi connectivity index (χ3v) is 5.24. The molecule has 3 aromatic rings. The van der Waals surface area contributed by atoms with Gasteiger partial charge in [0.1, 0.15) is 5.76 Å². The average molecular weight is 360 g/mol. The van der Waals surface area contributed by atoms with Crippen molar-refractivity contribution in [2.24, 2.45) is 0 Å². The number of rotatable bonds is 5. The van der Waals surface area contributed by atoms with Crippen LogP contribution in [0.15, 0.2) is 71.3 Å². The van der Waals surface area contributed by atoms with Gasteiger partial charge < -0.3 is 9.73 Å². The van der Waals surface area contributed by atoms with Crippen molar-refractivity contribution in [3.05, 3.63) is 94.9 Å². The number of hydrogen-bond donors (Lipinski definition) is 1. The maximum absolute atomic E-state index is 12.6. The molecular weight excluding hydrogens is 336 g/mol. The monoisotopic (exact) mass is 360 g/mol. The van der Waals surface area contributed by atoms with E-state index in [0.717, 1.165) is 30.8 Å². The lowest BCUT2D eigenvalue weighted by atomic mass is 9.98. The molecule has 0 radical (unpaired) electrons. The van der Waals surface area contributed by atoms with Gasteiger partial charge in [-0.05, 0) is 48.7 Å². The largest absolute Gasteiger partial charge is 0.468 e. The second-order valence-corrected chi connectivity index (χ2v) is 7.10. The minimum atomic E-state index is -0.0519. The van der Waals surface area contributed by atoms with Gasteiger partial charge in [-0.3, -0.25) is 9.69 Å². The molecule has 27 heavy (non-hydrogen) atoms. The summed E-state index contributed by atoms with van der Waals surface area (Å²) in [6, 6.07) is 20.1. The lowest BCUT2D eigenvalue weighted by molar-refractivity contribution is 0.0919. The van der Waals surface area contributed by atoms with Crippen molar-refractivity contribution in [1.29, 1.82) is 0 Å². The molecule has 0 unspecified atom stereocenters. The van der Waals surface area contributed by atoms with E-state index in [9.17, 15) is 4.79 Å². The molecule has 1 N–H and O–H groups in total. The predicted molar refractivity (Wildman–Crippen MR) is 106 cm³/mol. The lowest BCUT2D eigenvalue weighted by Gasteiger charge is -2.34. The van der Waals surface area contributed by atoms with Crippen LogP contribution in [0.5, 0.6) is 0 Å². The third-order valence-electron chi connectivity index (χ3n) is 5.24. The number of fused-ring (bicyclic) bond motifs is 1. The Morgan fingerprint density at radius 2 is 1.85 bits per heavy atom. The van der Waals surface area contributed by atoms with Gasteiger partial charge in [0.25, 0.3) is 5.91 Å². The number of nitrogens with zero attached hydrogens (tertiary/aromatic N) is 1. The van der Waals surface area contributed by atoms with E-state index in [1.807, 2.05) is 43.3 Å². The fraction of sp³-hybridized carbons (Fsp3) is 0.261. The number of amides is 1. The summed E-state index contributed by atoms with van der Waals surface area (Å²) in [5.74, 6) is 0.836.